The van der Waals surface area contributed by atoms with Gasteiger partial charge in [-0.25, -0.2) is 25.3 Å². The summed E-state index contributed by atoms with van der Waals surface area (Å²) < 4.78 is 143. The van der Waals surface area contributed by atoms with E-state index in [1.54, 1.807) is 0 Å². The van der Waals surface area contributed by atoms with Crippen molar-refractivity contribution < 1.29 is 175 Å². The summed E-state index contributed by atoms with van der Waals surface area (Å²) in [5.74, 6) is -1.15. The molecule has 0 heterocycles. The first-order valence-corrected chi connectivity index (χ1v) is 19.3. The minimum Gasteiger partial charge on any atom is -0.872 e. The number of nitrogens with two attached hydrogens (primary N) is 3. The third-order valence-electron chi connectivity index (χ3n) is 7.07. The van der Waals surface area contributed by atoms with E-state index in [1.807, 2.05) is 0 Å². The molecule has 0 bridgehead atoms. The van der Waals surface area contributed by atoms with Gasteiger partial charge in [0.25, 0.3) is 10.1 Å². The monoisotopic (exact) mass is 881 g/mol. The zero-order valence-electron chi connectivity index (χ0n) is 29.4. The summed E-state index contributed by atoms with van der Waals surface area (Å²) in [4.78, 5) is -4.26. The fourth-order valence-corrected chi connectivity index (χ4v) is 7.42. The third kappa shape index (κ3) is 12.0. The number of rotatable bonds is 9. The fourth-order valence-electron chi connectivity index (χ4n) is 4.81. The van der Waals surface area contributed by atoms with E-state index >= 15 is 0 Å². The van der Waals surface area contributed by atoms with Crippen molar-refractivity contribution in [2.24, 2.45) is 20.5 Å². The van der Waals surface area contributed by atoms with Gasteiger partial charge in [0.05, 0.1) is 37.4 Å². The van der Waals surface area contributed by atoms with E-state index in [9.17, 15) is 57.0 Å². The van der Waals surface area contributed by atoms with Gasteiger partial charge in [0.2, 0.25) is 0 Å². The Hall–Kier alpha value is -1.60. The number of anilines is 3. The zero-order chi connectivity index (χ0) is 38.6. The summed E-state index contributed by atoms with van der Waals surface area (Å²) in [6.07, 6.45) is 0. The van der Waals surface area contributed by atoms with Crippen LogP contribution in [0.1, 0.15) is 0 Å². The Balaban J connectivity index is 0.00000392. The van der Waals surface area contributed by atoms with Crippen LogP contribution in [0.25, 0.3) is 21.9 Å². The molecule has 0 saturated carbocycles. The van der Waals surface area contributed by atoms with Crippen LogP contribution in [0.3, 0.4) is 0 Å². The topological polar surface area (TPSA) is 377 Å². The van der Waals surface area contributed by atoms with Crippen LogP contribution in [0, 0.1) is 0 Å². The van der Waals surface area contributed by atoms with E-state index in [2.05, 4.69) is 20.5 Å². The van der Waals surface area contributed by atoms with Crippen molar-refractivity contribution >= 4 is 91.1 Å². The molecule has 0 saturated heterocycles. The van der Waals surface area contributed by atoms with Crippen molar-refractivity contribution in [1.29, 1.82) is 0 Å². The minimum absolute atomic E-state index is 0. The summed E-state index contributed by atoms with van der Waals surface area (Å²) in [5, 5.41) is 26.7. The summed E-state index contributed by atoms with van der Waals surface area (Å²) in [7, 11) is -21.3. The second-order valence-electron chi connectivity index (χ2n) is 10.6. The van der Waals surface area contributed by atoms with Crippen molar-refractivity contribution in [1.82, 2.24) is 0 Å². The number of nitrogens with zero attached hydrogens (tertiary/aromatic N) is 4. The first kappa shape index (κ1) is 52.4. The zero-order valence-corrected chi connectivity index (χ0v) is 40.7. The first-order chi connectivity index (χ1) is 23.9. The molecule has 0 spiro atoms. The van der Waals surface area contributed by atoms with Gasteiger partial charge >= 0.3 is 118 Å². The van der Waals surface area contributed by atoms with Gasteiger partial charge < -0.3 is 36.0 Å². The van der Waals surface area contributed by atoms with E-state index in [1.165, 1.54) is 18.2 Å². The number of hydrogen-bond acceptors (Lipinski definition) is 19. The average Bonchev–Trinajstić information content (AvgIpc) is 3.01. The van der Waals surface area contributed by atoms with E-state index in [0.717, 1.165) is 30.3 Å². The quantitative estimate of drug-likeness (QED) is 0.0462. The smallest absolute Gasteiger partial charge is 0.872 e. The summed E-state index contributed by atoms with van der Waals surface area (Å²) in [6.45, 7) is 0. The van der Waals surface area contributed by atoms with Gasteiger partial charge in [0, 0.05) is 16.8 Å². The molecule has 28 heteroatoms. The minimum atomic E-state index is -5.50. The molecule has 0 radical (unpaired) electrons. The van der Waals surface area contributed by atoms with Crippen LogP contribution in [-0.4, -0.2) is 51.9 Å². The number of azo groups is 2. The summed E-state index contributed by atoms with van der Waals surface area (Å²) in [6, 6.07) is 11.2. The molecule has 20 nitrogen and oxygen atoms in total. The first-order valence-electron chi connectivity index (χ1n) is 13.6. The number of nitrogen functional groups attached to an aromatic ring is 3. The Kier molecular flexibility index (Phi) is 18.4. The molecule has 0 fully saturated rings. The molecule has 0 aliphatic heterocycles. The van der Waals surface area contributed by atoms with E-state index < -0.39 is 105 Å². The second kappa shape index (κ2) is 19.6. The van der Waals surface area contributed by atoms with Gasteiger partial charge in [-0.05, 0) is 65.4 Å². The number of benzene rings is 5. The molecule has 0 amide bonds. The number of hydrogen-bond donors (Lipinski definition) is 4. The van der Waals surface area contributed by atoms with E-state index in [0.29, 0.717) is 30.0 Å². The van der Waals surface area contributed by atoms with Crippen molar-refractivity contribution in [3.8, 4) is 16.9 Å². The molecule has 0 unspecified atom stereocenters. The van der Waals surface area contributed by atoms with Crippen LogP contribution in [-0.2, 0) is 40.5 Å². The van der Waals surface area contributed by atoms with Crippen LogP contribution >= 0.6 is 0 Å². The fraction of sp³-hybridized carbons (Fsp3) is 0. The Morgan fingerprint density at radius 3 is 1.50 bits per heavy atom. The summed E-state index contributed by atoms with van der Waals surface area (Å²) >= 11 is 0. The molecule has 0 aliphatic carbocycles. The SMILES string of the molecule is Nc1ccc(N=Nc2ccc(-c3ccc(N=Nc4c(S(=O)(=O)O)cc5cc(S(=O)(=O)[O-])cc([O-])c5c4N)cc3S(=O)(=O)[O-])c(S(=O)(=O)[O-])c2)c(N)c1.[Na+].[Na+].[Na+].[Na+]. The number of fused-ring (bicyclic) bond motifs is 1. The van der Waals surface area contributed by atoms with Crippen LogP contribution in [0.4, 0.5) is 39.8 Å². The largest absolute Gasteiger partial charge is 1.00 e. The molecule has 0 atom stereocenters. The molecule has 5 aromatic rings. The second-order valence-corrected chi connectivity index (χ2v) is 16.0. The van der Waals surface area contributed by atoms with Crippen LogP contribution in [0.5, 0.6) is 5.75 Å². The average molecular weight is 882 g/mol. The van der Waals surface area contributed by atoms with Crippen LogP contribution in [0.2, 0.25) is 0 Å². The molecule has 5 aromatic carbocycles. The standard InChI is InChI=1S/C28H23N7O13S4.4Na/c29-14-1-6-21(20(30)9-14)34-32-15-2-4-18(23(10-15)50(40,41)42)19-5-3-16(11-24(19)51(43,44)45)33-35-28-25(52(46,47)48)8-13-7-17(49(37,38)39)12-22(36)26(13)27(28)31;;;;/h1-12,36H,29-31H2,(H,37,38,39)(H,40,41,42)(H,43,44,45)(H,46,47,48);;;;/q;4*+1/p-4. The van der Waals surface area contributed by atoms with Crippen molar-refractivity contribution in [2.75, 3.05) is 17.2 Å². The normalized spacial score (nSPS) is 12.1. The van der Waals surface area contributed by atoms with Gasteiger partial charge in [-0.1, -0.05) is 23.9 Å². The van der Waals surface area contributed by atoms with Gasteiger partial charge in [0.15, 0.2) is 0 Å². The van der Waals surface area contributed by atoms with Gasteiger partial charge in [-0.2, -0.15) is 18.6 Å². The van der Waals surface area contributed by atoms with Crippen LogP contribution < -0.4 is 141 Å². The molecular formula is C28H19N7Na4O13S4. The summed E-state index contributed by atoms with van der Waals surface area (Å²) in [5.41, 5.74) is 14.5. The molecule has 0 aromatic heterocycles. The third-order valence-corrected chi connectivity index (χ3v) is 10.5. The molecular weight excluding hydrogens is 863 g/mol. The Morgan fingerprint density at radius 1 is 0.554 bits per heavy atom. The van der Waals surface area contributed by atoms with Crippen molar-refractivity contribution in [2.45, 2.75) is 19.6 Å². The molecule has 272 valence electrons. The Labute approximate surface area is 407 Å². The van der Waals surface area contributed by atoms with Crippen molar-refractivity contribution in [3.63, 3.8) is 0 Å². The van der Waals surface area contributed by atoms with Crippen molar-refractivity contribution in [3.05, 3.63) is 72.8 Å². The Bertz CT molecular complexity index is 2870. The van der Waals surface area contributed by atoms with Gasteiger partial charge in [-0.3, -0.25) is 4.55 Å². The Morgan fingerprint density at radius 2 is 1.05 bits per heavy atom. The maximum atomic E-state index is 12.7. The maximum absolute atomic E-state index is 12.7. The predicted molar refractivity (Wildman–Crippen MR) is 177 cm³/mol. The van der Waals surface area contributed by atoms with Crippen LogP contribution in [0.15, 0.2) is 113 Å². The van der Waals surface area contributed by atoms with E-state index in [4.69, 9.17) is 17.2 Å². The molecule has 5 rings (SSSR count). The van der Waals surface area contributed by atoms with Gasteiger partial charge in [0.1, 0.15) is 46.6 Å². The maximum Gasteiger partial charge on any atom is 1.00 e. The molecule has 0 aliphatic rings. The molecule has 56 heavy (non-hydrogen) atoms. The van der Waals surface area contributed by atoms with Gasteiger partial charge in [-0.15, -0.1) is 10.2 Å². The predicted octanol–water partition coefficient (Wildman–Crippen LogP) is -8.87. The molecule has 7 N–H and O–H groups in total. The van der Waals surface area contributed by atoms with E-state index in [-0.39, 0.29) is 135 Å².